The molecule has 1 atom stereocenters. The van der Waals surface area contributed by atoms with Crippen LogP contribution in [0.2, 0.25) is 0 Å². The van der Waals surface area contributed by atoms with Gasteiger partial charge in [-0.05, 0) is 45.6 Å². The fourth-order valence-corrected chi connectivity index (χ4v) is 3.62. The topological polar surface area (TPSA) is 26.8 Å². The van der Waals surface area contributed by atoms with Crippen LogP contribution in [0.15, 0.2) is 30.3 Å². The molecular formula is C18H27N3O. The monoisotopic (exact) mass is 301 g/mol. The molecule has 1 amide bonds. The summed E-state index contributed by atoms with van der Waals surface area (Å²) in [5.74, 6) is 0.609. The predicted octanol–water partition coefficient (Wildman–Crippen LogP) is 1.84. The summed E-state index contributed by atoms with van der Waals surface area (Å²) in [6.07, 6.45) is 2.02. The Balaban J connectivity index is 1.66. The number of nitrogens with zero attached hydrogens (tertiary/aromatic N) is 3. The van der Waals surface area contributed by atoms with E-state index in [9.17, 15) is 4.79 Å². The van der Waals surface area contributed by atoms with Crippen molar-refractivity contribution < 1.29 is 4.79 Å². The van der Waals surface area contributed by atoms with Gasteiger partial charge in [-0.3, -0.25) is 9.69 Å². The molecule has 0 radical (unpaired) electrons. The maximum atomic E-state index is 12.8. The smallest absolute Gasteiger partial charge is 0.225 e. The summed E-state index contributed by atoms with van der Waals surface area (Å²) in [5, 5.41) is 0. The number of benzene rings is 1. The molecule has 2 fully saturated rings. The quantitative estimate of drug-likeness (QED) is 0.834. The molecule has 0 aromatic heterocycles. The molecule has 4 nitrogen and oxygen atoms in total. The lowest BCUT2D eigenvalue weighted by Gasteiger charge is -2.41. The molecule has 2 aliphatic heterocycles. The van der Waals surface area contributed by atoms with Gasteiger partial charge in [0.25, 0.3) is 0 Å². The minimum absolute atomic E-state index is 0.232. The molecule has 3 rings (SSSR count). The lowest BCUT2D eigenvalue weighted by molar-refractivity contribution is -0.139. The lowest BCUT2D eigenvalue weighted by atomic mass is 9.94. The molecule has 2 heterocycles. The van der Waals surface area contributed by atoms with Crippen LogP contribution in [0.4, 0.5) is 0 Å². The first-order chi connectivity index (χ1) is 10.6. The van der Waals surface area contributed by atoms with E-state index < -0.39 is 0 Å². The number of likely N-dealkylation sites (N-methyl/N-ethyl adjacent to an activating group) is 1. The minimum Gasteiger partial charge on any atom is -0.339 e. The minimum atomic E-state index is 0.232. The van der Waals surface area contributed by atoms with Crippen LogP contribution in [0.5, 0.6) is 0 Å². The first kappa shape index (κ1) is 15.5. The van der Waals surface area contributed by atoms with Gasteiger partial charge in [0.2, 0.25) is 5.91 Å². The van der Waals surface area contributed by atoms with Gasteiger partial charge in [-0.15, -0.1) is 0 Å². The van der Waals surface area contributed by atoms with Gasteiger partial charge in [-0.25, -0.2) is 0 Å². The highest BCUT2D eigenvalue weighted by Gasteiger charge is 2.32. The summed E-state index contributed by atoms with van der Waals surface area (Å²) < 4.78 is 0. The zero-order valence-electron chi connectivity index (χ0n) is 13.7. The Hall–Kier alpha value is -1.39. The fraction of sp³-hybridized carbons (Fsp3) is 0.611. The van der Waals surface area contributed by atoms with Crippen LogP contribution in [0.3, 0.4) is 0 Å². The third kappa shape index (κ3) is 3.33. The van der Waals surface area contributed by atoms with Crippen LogP contribution in [-0.2, 0) is 4.79 Å². The molecule has 2 saturated heterocycles. The molecule has 1 unspecified atom stereocenters. The number of hydrogen-bond acceptors (Lipinski definition) is 3. The average Bonchev–Trinajstić information content (AvgIpc) is 2.56. The average molecular weight is 301 g/mol. The van der Waals surface area contributed by atoms with Crippen LogP contribution in [0.1, 0.15) is 24.4 Å². The van der Waals surface area contributed by atoms with E-state index in [-0.39, 0.29) is 5.92 Å². The summed E-state index contributed by atoms with van der Waals surface area (Å²) in [5.41, 5.74) is 1.31. The third-order valence-electron chi connectivity index (χ3n) is 5.21. The van der Waals surface area contributed by atoms with Gasteiger partial charge in [0, 0.05) is 25.6 Å². The second-order valence-corrected chi connectivity index (χ2v) is 6.77. The molecule has 120 valence electrons. The summed E-state index contributed by atoms with van der Waals surface area (Å²) in [6, 6.07) is 10.9. The van der Waals surface area contributed by atoms with E-state index in [1.165, 1.54) is 5.56 Å². The molecule has 0 spiro atoms. The number of amides is 1. The molecule has 2 aliphatic rings. The number of hydrogen-bond donors (Lipinski definition) is 0. The van der Waals surface area contributed by atoms with Crippen molar-refractivity contribution in [3.8, 4) is 0 Å². The largest absolute Gasteiger partial charge is 0.339 e. The molecule has 22 heavy (non-hydrogen) atoms. The Morgan fingerprint density at radius 1 is 1.00 bits per heavy atom. The third-order valence-corrected chi connectivity index (χ3v) is 5.21. The highest BCUT2D eigenvalue weighted by atomic mass is 16.2. The molecule has 0 saturated carbocycles. The van der Waals surface area contributed by atoms with E-state index in [4.69, 9.17) is 0 Å². The van der Waals surface area contributed by atoms with Gasteiger partial charge in [-0.1, -0.05) is 30.3 Å². The second-order valence-electron chi connectivity index (χ2n) is 6.77. The van der Waals surface area contributed by atoms with E-state index >= 15 is 0 Å². The Bertz CT molecular complexity index is 496. The van der Waals surface area contributed by atoms with Gasteiger partial charge >= 0.3 is 0 Å². The second kappa shape index (κ2) is 6.80. The summed E-state index contributed by atoms with van der Waals surface area (Å²) in [4.78, 5) is 19.6. The van der Waals surface area contributed by atoms with Crippen molar-refractivity contribution in [2.24, 2.45) is 5.92 Å². The van der Waals surface area contributed by atoms with Gasteiger partial charge in [0.15, 0.2) is 0 Å². The molecule has 0 bridgehead atoms. The molecule has 1 aromatic carbocycles. The van der Waals surface area contributed by atoms with Crippen LogP contribution < -0.4 is 0 Å². The van der Waals surface area contributed by atoms with Crippen molar-refractivity contribution in [2.75, 3.05) is 46.8 Å². The van der Waals surface area contributed by atoms with Crippen LogP contribution in [0, 0.1) is 5.92 Å². The van der Waals surface area contributed by atoms with Crippen molar-refractivity contribution in [1.82, 2.24) is 14.7 Å². The molecule has 4 heteroatoms. The number of piperazine rings is 1. The van der Waals surface area contributed by atoms with Gasteiger partial charge < -0.3 is 9.80 Å². The number of carbonyl (C=O) groups excluding carboxylic acids is 1. The first-order valence-electron chi connectivity index (χ1n) is 8.37. The number of carbonyl (C=O) groups is 1. The summed E-state index contributed by atoms with van der Waals surface area (Å²) >= 11 is 0. The normalized spacial score (nSPS) is 25.4. The van der Waals surface area contributed by atoms with Crippen LogP contribution in [0.25, 0.3) is 0 Å². The van der Waals surface area contributed by atoms with Crippen LogP contribution >= 0.6 is 0 Å². The Kier molecular flexibility index (Phi) is 4.79. The standard InChI is InChI=1S/C18H27N3O/c1-19-10-8-16(9-11-19)18(22)21-13-12-20(2)17(14-21)15-6-4-3-5-7-15/h3-7,16-17H,8-14H2,1-2H3. The van der Waals surface area contributed by atoms with Crippen molar-refractivity contribution in [2.45, 2.75) is 18.9 Å². The Morgan fingerprint density at radius 2 is 1.68 bits per heavy atom. The number of piperidine rings is 1. The highest BCUT2D eigenvalue weighted by molar-refractivity contribution is 5.79. The van der Waals surface area contributed by atoms with Crippen molar-refractivity contribution in [3.05, 3.63) is 35.9 Å². The number of rotatable bonds is 2. The summed E-state index contributed by atoms with van der Waals surface area (Å²) in [7, 11) is 4.30. The SMILES string of the molecule is CN1CCC(C(=O)N2CCN(C)C(c3ccccc3)C2)CC1. The molecule has 0 aliphatic carbocycles. The van der Waals surface area contributed by atoms with Gasteiger partial charge in [0.1, 0.15) is 0 Å². The molecule has 1 aromatic rings. The first-order valence-corrected chi connectivity index (χ1v) is 8.37. The predicted molar refractivity (Wildman–Crippen MR) is 88.6 cm³/mol. The van der Waals surface area contributed by atoms with Crippen LogP contribution in [-0.4, -0.2) is 67.4 Å². The van der Waals surface area contributed by atoms with E-state index in [2.05, 4.69) is 53.1 Å². The van der Waals surface area contributed by atoms with E-state index in [1.807, 2.05) is 6.07 Å². The summed E-state index contributed by atoms with van der Waals surface area (Å²) in [6.45, 7) is 4.74. The van der Waals surface area contributed by atoms with E-state index in [0.717, 1.165) is 45.6 Å². The van der Waals surface area contributed by atoms with Crippen molar-refractivity contribution >= 4 is 5.91 Å². The van der Waals surface area contributed by atoms with Gasteiger partial charge in [-0.2, -0.15) is 0 Å². The van der Waals surface area contributed by atoms with Crippen molar-refractivity contribution in [3.63, 3.8) is 0 Å². The Morgan fingerprint density at radius 3 is 2.36 bits per heavy atom. The zero-order valence-corrected chi connectivity index (χ0v) is 13.7. The molecule has 0 N–H and O–H groups in total. The van der Waals surface area contributed by atoms with Crippen molar-refractivity contribution in [1.29, 1.82) is 0 Å². The maximum Gasteiger partial charge on any atom is 0.225 e. The highest BCUT2D eigenvalue weighted by Crippen LogP contribution is 2.26. The zero-order chi connectivity index (χ0) is 15.5. The molecular weight excluding hydrogens is 274 g/mol. The van der Waals surface area contributed by atoms with E-state index in [0.29, 0.717) is 11.9 Å². The maximum absolute atomic E-state index is 12.8. The van der Waals surface area contributed by atoms with Gasteiger partial charge in [0.05, 0.1) is 6.04 Å². The Labute approximate surface area is 133 Å². The number of likely N-dealkylation sites (tertiary alicyclic amines) is 1. The fourth-order valence-electron chi connectivity index (χ4n) is 3.62. The lowest BCUT2D eigenvalue weighted by Crippen LogP contribution is -2.51. The van der Waals surface area contributed by atoms with E-state index in [1.54, 1.807) is 0 Å².